The van der Waals surface area contributed by atoms with Crippen molar-refractivity contribution in [2.45, 2.75) is 39.7 Å². The number of thiophene rings is 1. The van der Waals surface area contributed by atoms with Crippen molar-refractivity contribution < 1.29 is 18.7 Å². The molecule has 0 spiro atoms. The monoisotopic (exact) mass is 480 g/mol. The molecule has 1 unspecified atom stereocenters. The van der Waals surface area contributed by atoms with Crippen molar-refractivity contribution in [1.29, 1.82) is 0 Å². The predicted octanol–water partition coefficient (Wildman–Crippen LogP) is 5.34. The van der Waals surface area contributed by atoms with Gasteiger partial charge in [0.2, 0.25) is 5.91 Å². The molecule has 1 atom stereocenters. The second-order valence-electron chi connectivity index (χ2n) is 9.16. The summed E-state index contributed by atoms with van der Waals surface area (Å²) < 4.78 is 11.4. The van der Waals surface area contributed by atoms with Crippen LogP contribution in [0.5, 0.6) is 5.75 Å². The number of benzene rings is 1. The van der Waals surface area contributed by atoms with Crippen molar-refractivity contribution >= 4 is 23.2 Å². The molecular formula is C27H32N2O4S. The Bertz CT molecular complexity index is 1090. The SMILES string of the molecule is Cc1ccc(OCC2c3ccsc3CCN2C(=O)CN(CCC(C)C)C(=O)c2ccco2)cc1. The summed E-state index contributed by atoms with van der Waals surface area (Å²) in [6, 6.07) is 13.2. The Morgan fingerprint density at radius 3 is 2.71 bits per heavy atom. The zero-order valence-electron chi connectivity index (χ0n) is 20.0. The summed E-state index contributed by atoms with van der Waals surface area (Å²) in [7, 11) is 0. The first-order valence-corrected chi connectivity index (χ1v) is 12.7. The number of furan rings is 1. The van der Waals surface area contributed by atoms with E-state index in [4.69, 9.17) is 9.15 Å². The lowest BCUT2D eigenvalue weighted by atomic mass is 10.00. The summed E-state index contributed by atoms with van der Waals surface area (Å²) in [5.41, 5.74) is 2.31. The highest BCUT2D eigenvalue weighted by molar-refractivity contribution is 7.10. The van der Waals surface area contributed by atoms with Gasteiger partial charge in [0.05, 0.1) is 12.3 Å². The zero-order valence-corrected chi connectivity index (χ0v) is 20.8. The van der Waals surface area contributed by atoms with E-state index in [-0.39, 0.29) is 30.2 Å². The number of carbonyl (C=O) groups is 2. The van der Waals surface area contributed by atoms with Crippen LogP contribution in [0.4, 0.5) is 0 Å². The summed E-state index contributed by atoms with van der Waals surface area (Å²) >= 11 is 1.72. The van der Waals surface area contributed by atoms with Gasteiger partial charge in [0.1, 0.15) is 18.9 Å². The quantitative estimate of drug-likeness (QED) is 0.415. The molecule has 7 heteroatoms. The van der Waals surface area contributed by atoms with Crippen LogP contribution in [-0.4, -0.2) is 47.9 Å². The van der Waals surface area contributed by atoms with Gasteiger partial charge in [-0.1, -0.05) is 31.5 Å². The first-order valence-electron chi connectivity index (χ1n) is 11.8. The van der Waals surface area contributed by atoms with E-state index in [1.165, 1.54) is 16.7 Å². The van der Waals surface area contributed by atoms with Gasteiger partial charge in [-0.3, -0.25) is 9.59 Å². The number of rotatable bonds is 9. The smallest absolute Gasteiger partial charge is 0.290 e. The first kappa shape index (κ1) is 24.1. The van der Waals surface area contributed by atoms with Crippen LogP contribution in [0.15, 0.2) is 58.5 Å². The molecule has 0 radical (unpaired) electrons. The molecule has 0 saturated heterocycles. The van der Waals surface area contributed by atoms with Crippen molar-refractivity contribution in [2.75, 3.05) is 26.2 Å². The van der Waals surface area contributed by atoms with E-state index in [1.54, 1.807) is 28.4 Å². The van der Waals surface area contributed by atoms with E-state index in [0.29, 0.717) is 25.6 Å². The van der Waals surface area contributed by atoms with Gasteiger partial charge in [0.25, 0.3) is 5.91 Å². The Morgan fingerprint density at radius 1 is 1.21 bits per heavy atom. The molecule has 0 saturated carbocycles. The Labute approximate surface area is 205 Å². The molecule has 3 heterocycles. The number of nitrogens with zero attached hydrogens (tertiary/aromatic N) is 2. The van der Waals surface area contributed by atoms with E-state index in [0.717, 1.165) is 24.2 Å². The molecule has 1 aromatic carbocycles. The van der Waals surface area contributed by atoms with Crippen molar-refractivity contribution in [2.24, 2.45) is 5.92 Å². The number of fused-ring (bicyclic) bond motifs is 1. The summed E-state index contributed by atoms with van der Waals surface area (Å²) in [6.07, 6.45) is 3.11. The molecule has 2 aromatic heterocycles. The summed E-state index contributed by atoms with van der Waals surface area (Å²) in [6.45, 7) is 7.77. The average Bonchev–Trinajstić information content (AvgIpc) is 3.53. The molecular weight excluding hydrogens is 448 g/mol. The van der Waals surface area contributed by atoms with Crippen LogP contribution in [-0.2, 0) is 11.2 Å². The second kappa shape index (κ2) is 10.9. The largest absolute Gasteiger partial charge is 0.491 e. The lowest BCUT2D eigenvalue weighted by molar-refractivity contribution is -0.135. The van der Waals surface area contributed by atoms with Gasteiger partial charge in [-0.2, -0.15) is 0 Å². The minimum atomic E-state index is -0.250. The molecule has 0 N–H and O–H groups in total. The summed E-state index contributed by atoms with van der Waals surface area (Å²) in [5.74, 6) is 1.14. The van der Waals surface area contributed by atoms with Crippen LogP contribution >= 0.6 is 11.3 Å². The maximum atomic E-state index is 13.6. The molecule has 2 amide bonds. The fourth-order valence-corrected chi connectivity index (χ4v) is 5.09. The van der Waals surface area contributed by atoms with E-state index >= 15 is 0 Å². The molecule has 180 valence electrons. The van der Waals surface area contributed by atoms with Gasteiger partial charge in [0.15, 0.2) is 5.76 Å². The number of aryl methyl sites for hydroxylation is 1. The summed E-state index contributed by atoms with van der Waals surface area (Å²) in [4.78, 5) is 31.4. The minimum absolute atomic E-state index is 0.0206. The Balaban J connectivity index is 1.51. The lowest BCUT2D eigenvalue weighted by Crippen LogP contribution is -2.48. The maximum absolute atomic E-state index is 13.6. The van der Waals surface area contributed by atoms with E-state index in [1.807, 2.05) is 36.1 Å². The van der Waals surface area contributed by atoms with Gasteiger partial charge >= 0.3 is 0 Å². The molecule has 0 fully saturated rings. The standard InChI is InChI=1S/C27H32N2O4S/c1-19(2)10-13-28(27(31)24-5-4-15-32-24)17-26(30)29-14-11-25-22(12-16-34-25)23(29)18-33-21-8-6-20(3)7-9-21/h4-9,12,15-16,19,23H,10-11,13-14,17-18H2,1-3H3. The average molecular weight is 481 g/mol. The van der Waals surface area contributed by atoms with E-state index in [9.17, 15) is 9.59 Å². The third kappa shape index (κ3) is 5.70. The molecule has 3 aromatic rings. The van der Waals surface area contributed by atoms with Crippen LogP contribution in [0.2, 0.25) is 0 Å². The highest BCUT2D eigenvalue weighted by Crippen LogP contribution is 2.34. The van der Waals surface area contributed by atoms with Gasteiger partial charge in [-0.15, -0.1) is 11.3 Å². The first-order chi connectivity index (χ1) is 16.4. The molecule has 0 bridgehead atoms. The van der Waals surface area contributed by atoms with Crippen molar-refractivity contribution in [3.63, 3.8) is 0 Å². The molecule has 1 aliphatic heterocycles. The van der Waals surface area contributed by atoms with Gasteiger partial charge in [-0.25, -0.2) is 0 Å². The fraction of sp³-hybridized carbons (Fsp3) is 0.407. The predicted molar refractivity (Wildman–Crippen MR) is 133 cm³/mol. The highest BCUT2D eigenvalue weighted by atomic mass is 32.1. The summed E-state index contributed by atoms with van der Waals surface area (Å²) in [5, 5.41) is 2.08. The van der Waals surface area contributed by atoms with Crippen molar-refractivity contribution in [3.8, 4) is 5.75 Å². The topological polar surface area (TPSA) is 63.0 Å². The van der Waals surface area contributed by atoms with Crippen LogP contribution in [0.25, 0.3) is 0 Å². The third-order valence-electron chi connectivity index (χ3n) is 6.17. The Hall–Kier alpha value is -3.06. The number of amides is 2. The number of ether oxygens (including phenoxy) is 1. The molecule has 0 aliphatic carbocycles. The van der Waals surface area contributed by atoms with E-state index < -0.39 is 0 Å². The normalized spacial score (nSPS) is 15.3. The van der Waals surface area contributed by atoms with Crippen LogP contribution < -0.4 is 4.74 Å². The molecule has 6 nitrogen and oxygen atoms in total. The minimum Gasteiger partial charge on any atom is -0.491 e. The Kier molecular flexibility index (Phi) is 7.73. The van der Waals surface area contributed by atoms with Crippen LogP contribution in [0.1, 0.15) is 52.9 Å². The van der Waals surface area contributed by atoms with Crippen molar-refractivity contribution in [1.82, 2.24) is 9.80 Å². The van der Waals surface area contributed by atoms with Crippen molar-refractivity contribution in [3.05, 3.63) is 75.9 Å². The van der Waals surface area contributed by atoms with Crippen LogP contribution in [0, 0.1) is 12.8 Å². The second-order valence-corrected chi connectivity index (χ2v) is 10.2. The molecule has 4 rings (SSSR count). The Morgan fingerprint density at radius 2 is 2.00 bits per heavy atom. The molecule has 1 aliphatic rings. The highest BCUT2D eigenvalue weighted by Gasteiger charge is 2.34. The lowest BCUT2D eigenvalue weighted by Gasteiger charge is -2.37. The number of hydrogen-bond donors (Lipinski definition) is 0. The third-order valence-corrected chi connectivity index (χ3v) is 7.16. The number of hydrogen-bond acceptors (Lipinski definition) is 5. The van der Waals surface area contributed by atoms with Gasteiger partial charge < -0.3 is 19.0 Å². The maximum Gasteiger partial charge on any atom is 0.290 e. The molecule has 34 heavy (non-hydrogen) atoms. The van der Waals surface area contributed by atoms with E-state index in [2.05, 4.69) is 25.3 Å². The fourth-order valence-electron chi connectivity index (χ4n) is 4.16. The van der Waals surface area contributed by atoms with Gasteiger partial charge in [0, 0.05) is 18.0 Å². The number of carbonyl (C=O) groups excluding carboxylic acids is 2. The van der Waals surface area contributed by atoms with Gasteiger partial charge in [-0.05, 0) is 67.0 Å². The van der Waals surface area contributed by atoms with Crippen LogP contribution in [0.3, 0.4) is 0 Å². The zero-order chi connectivity index (χ0) is 24.1.